The van der Waals surface area contributed by atoms with Crippen molar-refractivity contribution in [2.24, 2.45) is 0 Å². The van der Waals surface area contributed by atoms with Gasteiger partial charge in [0.25, 0.3) is 0 Å². The number of likely N-dealkylation sites (tertiary alicyclic amines) is 1. The maximum Gasteiger partial charge on any atom is 0.416 e. The summed E-state index contributed by atoms with van der Waals surface area (Å²) in [7, 11) is -3.57. The second-order valence-electron chi connectivity index (χ2n) is 10.9. The summed E-state index contributed by atoms with van der Waals surface area (Å²) >= 11 is -0.110. The molecule has 0 atom stereocenters. The summed E-state index contributed by atoms with van der Waals surface area (Å²) in [5, 5.41) is -1.19. The molecule has 6 rings (SSSR count). The number of carbonyl (C=O) groups is 1. The molecule has 2 heterocycles. The monoisotopic (exact) mass is 753 g/mol. The summed E-state index contributed by atoms with van der Waals surface area (Å²) in [6.45, 7) is -19.0. The number of fused-ring (bicyclic) bond motifs is 1. The van der Waals surface area contributed by atoms with Crippen molar-refractivity contribution < 1.29 is 56.2 Å². The number of hydrogen-bond donors (Lipinski definition) is 0. The summed E-state index contributed by atoms with van der Waals surface area (Å²) in [5.41, 5.74) is -6.31. The number of benzene rings is 4. The zero-order valence-corrected chi connectivity index (χ0v) is 27.3. The van der Waals surface area contributed by atoms with E-state index in [4.69, 9.17) is 15.1 Å². The molecule has 1 aliphatic heterocycles. The molecule has 0 bridgehead atoms. The topological polar surface area (TPSA) is 54.8 Å². The lowest BCUT2D eigenvalue weighted by Crippen LogP contribution is -2.48. The van der Waals surface area contributed by atoms with Gasteiger partial charge >= 0.3 is 6.18 Å². The van der Waals surface area contributed by atoms with Crippen LogP contribution in [0.2, 0.25) is 0 Å². The molecule has 272 valence electrons. The first-order valence-corrected chi connectivity index (χ1v) is 15.9. The van der Waals surface area contributed by atoms with Crippen molar-refractivity contribution in [3.8, 4) is 11.1 Å². The lowest BCUT2D eigenvalue weighted by Gasteiger charge is -2.39. The average molecular weight is 754 g/mol. The lowest BCUT2D eigenvalue weighted by molar-refractivity contribution is -0.137. The highest BCUT2D eigenvalue weighted by molar-refractivity contribution is 7.98. The van der Waals surface area contributed by atoms with E-state index in [1.807, 2.05) is 0 Å². The van der Waals surface area contributed by atoms with E-state index in [1.165, 1.54) is 24.3 Å². The molecule has 1 amide bonds. The van der Waals surface area contributed by atoms with Crippen molar-refractivity contribution >= 4 is 28.6 Å². The maximum atomic E-state index is 15.4. The Hall–Kier alpha value is -4.52. The summed E-state index contributed by atoms with van der Waals surface area (Å²) in [4.78, 5) is 28.4. The van der Waals surface area contributed by atoms with Crippen LogP contribution in [-0.4, -0.2) is 59.4 Å². The first-order chi connectivity index (χ1) is 31.8. The molecule has 1 saturated heterocycles. The van der Waals surface area contributed by atoms with Crippen molar-refractivity contribution in [1.29, 1.82) is 0 Å². The third-order valence-corrected chi connectivity index (χ3v) is 8.41. The minimum Gasteiger partial charge on any atom is -0.383 e. The first kappa shape index (κ1) is 20.6. The van der Waals surface area contributed by atoms with Gasteiger partial charge in [0.1, 0.15) is 6.50 Å². The molecule has 0 spiro atoms. The number of thioether (sulfide) groups is 1. The van der Waals surface area contributed by atoms with Crippen LogP contribution >= 0.6 is 11.8 Å². The van der Waals surface area contributed by atoms with E-state index in [1.54, 1.807) is 0 Å². The number of para-hydroxylation sites is 1. The highest BCUT2D eigenvalue weighted by atomic mass is 32.2. The Morgan fingerprint density at radius 1 is 1.00 bits per heavy atom. The van der Waals surface area contributed by atoms with Gasteiger partial charge in [0, 0.05) is 75.6 Å². The van der Waals surface area contributed by atoms with E-state index >= 15 is 9.18 Å². The van der Waals surface area contributed by atoms with Crippen molar-refractivity contribution in [3.63, 3.8) is 0 Å². The van der Waals surface area contributed by atoms with E-state index in [0.717, 1.165) is 60.7 Å². The smallest absolute Gasteiger partial charge is 0.383 e. The number of alkyl halides is 3. The van der Waals surface area contributed by atoms with Crippen LogP contribution in [0.3, 0.4) is 0 Å². The van der Waals surface area contributed by atoms with Crippen LogP contribution in [0.1, 0.15) is 54.1 Å². The van der Waals surface area contributed by atoms with E-state index in [2.05, 4.69) is 4.74 Å². The van der Waals surface area contributed by atoms with Gasteiger partial charge < -0.3 is 19.1 Å². The van der Waals surface area contributed by atoms with Crippen molar-refractivity contribution in [2.45, 2.75) is 48.7 Å². The summed E-state index contributed by atoms with van der Waals surface area (Å²) in [6, 6.07) is 12.0. The fourth-order valence-electron chi connectivity index (χ4n) is 4.99. The Bertz CT molecular complexity index is 2840. The molecule has 1 aliphatic rings. The van der Waals surface area contributed by atoms with Crippen LogP contribution in [0.15, 0.2) is 107 Å². The number of hydrogen-bond acceptors (Lipinski definition) is 5. The Morgan fingerprint density at radius 2 is 1.69 bits per heavy atom. The van der Waals surface area contributed by atoms with Gasteiger partial charge in [-0.15, -0.1) is 11.8 Å². The predicted molar refractivity (Wildman–Crippen MR) is 193 cm³/mol. The molecule has 0 aliphatic carbocycles. The average Bonchev–Trinajstić information content (AvgIpc) is 3.23. The fraction of sp³-hybridized carbons (Fsp3) is 0.300. The zero-order valence-electron chi connectivity index (χ0n) is 44.5. The molecule has 5 aromatic rings. The number of carbonyl (C=O) groups excluding carboxylic acids is 1. The molecule has 0 saturated carbocycles. The SMILES string of the molecule is [2H]C([2H])([2H])OC([2H])([2H])CN1C([2H])([2H])C([2H])([2H])C([2H])(N(Cc2ccc(-c3ccc(C(F)(F)F)cc3)cc2)C(=O)C([2H])([2H])n2c(SC([2H])([2H])c3cccc(F)c3F)cc(=O)c3ccccc32)C([2H])([2H])C1([2H])[2H]. The number of halogens is 5. The van der Waals surface area contributed by atoms with Gasteiger partial charge in [-0.2, -0.15) is 13.2 Å². The van der Waals surface area contributed by atoms with Crippen LogP contribution in [-0.2, 0) is 34.5 Å². The zero-order chi connectivity index (χ0) is 52.8. The van der Waals surface area contributed by atoms with Gasteiger partial charge in [0.15, 0.2) is 17.1 Å². The van der Waals surface area contributed by atoms with E-state index in [0.29, 0.717) is 16.7 Å². The predicted octanol–water partition coefficient (Wildman–Crippen LogP) is 8.40. The third-order valence-electron chi connectivity index (χ3n) is 7.58. The van der Waals surface area contributed by atoms with Crippen LogP contribution in [0.25, 0.3) is 22.0 Å². The minimum atomic E-state index is -4.68. The van der Waals surface area contributed by atoms with Crippen molar-refractivity contribution in [1.82, 2.24) is 14.4 Å². The van der Waals surface area contributed by atoms with Crippen LogP contribution < -0.4 is 5.43 Å². The molecule has 0 N–H and O–H groups in total. The van der Waals surface area contributed by atoms with E-state index in [-0.39, 0.29) is 38.7 Å². The minimum absolute atomic E-state index is 0.110. The molecule has 1 fully saturated rings. The van der Waals surface area contributed by atoms with Crippen molar-refractivity contribution in [3.05, 3.63) is 136 Å². The standard InChI is InChI=1S/C40H38F5N3O3S/c1-51-22-21-46-19-17-32(18-20-46)47(24-27-9-11-28(12-10-27)29-13-15-31(16-14-29)40(43,44)45)37(50)25-48-35-8-3-2-6-33(35)36(49)23-38(48)52-26-30-5-4-7-34(41)39(30)42/h2-16,23,32H,17-22,24-26H2,1H3/i1D3,17D2,18D2,19D2,20D2,22D2,25D2,26D2,32D. The third kappa shape index (κ3) is 8.74. The Kier molecular flexibility index (Phi) is 6.53. The van der Waals surface area contributed by atoms with Crippen molar-refractivity contribution in [2.75, 3.05) is 33.1 Å². The summed E-state index contributed by atoms with van der Waals surface area (Å²) < 4.78 is 231. The van der Waals surface area contributed by atoms with Gasteiger partial charge in [-0.25, -0.2) is 8.78 Å². The number of rotatable bonds is 12. The van der Waals surface area contributed by atoms with Gasteiger partial charge in [-0.05, 0) is 59.8 Å². The molecule has 0 unspecified atom stereocenters. The normalized spacial score (nSPS) is 24.9. The largest absolute Gasteiger partial charge is 0.416 e. The molecular formula is C40H38F5N3O3S. The Morgan fingerprint density at radius 3 is 2.38 bits per heavy atom. The number of methoxy groups -OCH3 is 1. The summed E-state index contributed by atoms with van der Waals surface area (Å²) in [6.07, 6.45) is -13.4. The van der Waals surface area contributed by atoms with E-state index in [9.17, 15) is 32.0 Å². The highest BCUT2D eigenvalue weighted by Crippen LogP contribution is 2.32. The van der Waals surface area contributed by atoms with E-state index < -0.39 is 126 Å². The second-order valence-corrected chi connectivity index (χ2v) is 11.8. The highest BCUT2D eigenvalue weighted by Gasteiger charge is 2.31. The molecule has 52 heavy (non-hydrogen) atoms. The lowest BCUT2D eigenvalue weighted by atomic mass is 10.00. The Labute approximate surface area is 328 Å². The number of piperidine rings is 1. The number of aromatic nitrogens is 1. The fourth-order valence-corrected chi connectivity index (χ4v) is 5.76. The second kappa shape index (κ2) is 16.4. The molecular weight excluding hydrogens is 698 g/mol. The maximum absolute atomic E-state index is 15.4. The molecule has 4 aromatic carbocycles. The molecule has 1 aromatic heterocycles. The summed E-state index contributed by atoms with van der Waals surface area (Å²) in [5.74, 6) is -5.36. The Balaban J connectivity index is 1.59. The molecule has 0 radical (unpaired) electrons. The molecule has 6 nitrogen and oxygen atoms in total. The van der Waals surface area contributed by atoms with Crippen LogP contribution in [0.5, 0.6) is 0 Å². The van der Waals surface area contributed by atoms with Gasteiger partial charge in [-0.1, -0.05) is 60.7 Å². The van der Waals surface area contributed by atoms with Gasteiger partial charge in [0.05, 0.1) is 33.6 Å². The van der Waals surface area contributed by atoms with Gasteiger partial charge in [0.2, 0.25) is 5.91 Å². The quantitative estimate of drug-likeness (QED) is 0.0947. The number of ether oxygens (including phenoxy) is 1. The first-order valence-electron chi connectivity index (χ1n) is 24.1. The van der Waals surface area contributed by atoms with Crippen LogP contribution in [0, 0.1) is 11.6 Å². The molecule has 12 heteroatoms. The number of pyridine rings is 1. The van der Waals surface area contributed by atoms with Gasteiger partial charge in [-0.3, -0.25) is 9.59 Å². The van der Waals surface area contributed by atoms with Crippen LogP contribution in [0.4, 0.5) is 22.0 Å². The number of amides is 1. The number of nitrogens with zero attached hydrogens (tertiary/aromatic N) is 3.